The number of esters is 4. The second-order valence-corrected chi connectivity index (χ2v) is 15.0. The van der Waals surface area contributed by atoms with Crippen molar-refractivity contribution in [3.63, 3.8) is 0 Å². The van der Waals surface area contributed by atoms with E-state index in [4.69, 9.17) is 28.4 Å². The molecule has 1 saturated heterocycles. The Balaban J connectivity index is 2.11. The van der Waals surface area contributed by atoms with Crippen LogP contribution in [0.2, 0.25) is 0 Å². The first-order chi connectivity index (χ1) is 25.7. The van der Waals surface area contributed by atoms with E-state index >= 15 is 0 Å². The van der Waals surface area contributed by atoms with E-state index in [0.29, 0.717) is 9.87 Å². The number of carbonyl (C=O) groups excluding carboxylic acids is 7. The Labute approximate surface area is 318 Å². The Morgan fingerprint density at radius 3 is 1.89 bits per heavy atom. The molecular weight excluding hydrogens is 746 g/mol. The molecule has 6 atom stereocenters. The van der Waals surface area contributed by atoms with Crippen LogP contribution in [0.25, 0.3) is 0 Å². The van der Waals surface area contributed by atoms with E-state index in [0.717, 1.165) is 27.7 Å². The van der Waals surface area contributed by atoms with Gasteiger partial charge < -0.3 is 39.1 Å². The number of amides is 3. The summed E-state index contributed by atoms with van der Waals surface area (Å²) in [7, 11) is -4.85. The van der Waals surface area contributed by atoms with Gasteiger partial charge in [-0.05, 0) is 38.5 Å². The average molecular weight is 792 g/mol. The molecule has 2 N–H and O–H groups in total. The van der Waals surface area contributed by atoms with Crippen molar-refractivity contribution < 1.29 is 70.4 Å². The van der Waals surface area contributed by atoms with Crippen LogP contribution in [0.5, 0.6) is 0 Å². The highest BCUT2D eigenvalue weighted by atomic mass is 32.2. The van der Waals surface area contributed by atoms with Crippen molar-refractivity contribution in [2.45, 2.75) is 109 Å². The molecule has 300 valence electrons. The number of hydrogen-bond acceptors (Lipinski definition) is 15. The predicted molar refractivity (Wildman–Crippen MR) is 188 cm³/mol. The van der Waals surface area contributed by atoms with Gasteiger partial charge >= 0.3 is 30.0 Å². The Bertz CT molecular complexity index is 1820. The maximum Gasteiger partial charge on any atom is 0.408 e. The highest BCUT2D eigenvalue weighted by Gasteiger charge is 2.56. The lowest BCUT2D eigenvalue weighted by Crippen LogP contribution is -2.71. The number of alkyl carbamates (subject to hydrolysis) is 1. The summed E-state index contributed by atoms with van der Waals surface area (Å²) in [6, 6.07) is 11.5. The lowest BCUT2D eigenvalue weighted by molar-refractivity contribution is -0.234. The molecule has 0 bridgehead atoms. The summed E-state index contributed by atoms with van der Waals surface area (Å²) in [5.74, 6) is -6.05. The van der Waals surface area contributed by atoms with E-state index in [1.165, 1.54) is 30.3 Å². The standard InChI is InChI=1S/C36H45N3O15S/c1-21(40)39(55(47,48)26-16-12-9-13-17-26)30-32(52-24(4)43)31(51-23(3)42)28(20-49-22(2)41)53-33(30)38-29(44)18-27(37-35(46)54-36(5,6)7)34(45)50-19-25-14-10-8-11-15-25/h8-17,27-28,30-33H,18-20H2,1-7H3,(H,37,46)(H,38,44)/t27-,28+,30+,31+,32+,33+/m0/s1. The third-order valence-electron chi connectivity index (χ3n) is 7.49. The maximum absolute atomic E-state index is 14.1. The van der Waals surface area contributed by atoms with Gasteiger partial charge in [-0.1, -0.05) is 48.5 Å². The molecule has 1 fully saturated rings. The summed E-state index contributed by atoms with van der Waals surface area (Å²) in [5.41, 5.74) is -0.411. The number of ether oxygens (including phenoxy) is 6. The minimum absolute atomic E-state index is 0.230. The highest BCUT2D eigenvalue weighted by molar-refractivity contribution is 7.89. The lowest BCUT2D eigenvalue weighted by atomic mass is 9.94. The van der Waals surface area contributed by atoms with Crippen molar-refractivity contribution in [2.24, 2.45) is 0 Å². The molecule has 1 aliphatic heterocycles. The fourth-order valence-corrected chi connectivity index (χ4v) is 7.04. The van der Waals surface area contributed by atoms with Crippen LogP contribution in [-0.4, -0.2) is 103 Å². The van der Waals surface area contributed by atoms with Crippen molar-refractivity contribution in [1.82, 2.24) is 14.9 Å². The smallest absolute Gasteiger partial charge is 0.408 e. The molecule has 0 aliphatic carbocycles. The van der Waals surface area contributed by atoms with Gasteiger partial charge in [0.05, 0.1) is 11.3 Å². The monoisotopic (exact) mass is 791 g/mol. The number of nitrogens with one attached hydrogen (secondary N) is 2. The van der Waals surface area contributed by atoms with E-state index in [-0.39, 0.29) is 11.5 Å². The van der Waals surface area contributed by atoms with Crippen LogP contribution in [0, 0.1) is 0 Å². The van der Waals surface area contributed by atoms with Gasteiger partial charge in [0.15, 0.2) is 18.4 Å². The second-order valence-electron chi connectivity index (χ2n) is 13.2. The zero-order valence-corrected chi connectivity index (χ0v) is 32.2. The van der Waals surface area contributed by atoms with Crippen LogP contribution in [0.3, 0.4) is 0 Å². The first-order valence-electron chi connectivity index (χ1n) is 16.9. The summed E-state index contributed by atoms with van der Waals surface area (Å²) in [4.78, 5) is 89.7. The molecule has 0 unspecified atom stereocenters. The van der Waals surface area contributed by atoms with Crippen LogP contribution in [0.15, 0.2) is 65.6 Å². The van der Waals surface area contributed by atoms with E-state index in [2.05, 4.69) is 10.6 Å². The molecule has 19 heteroatoms. The Morgan fingerprint density at radius 1 is 0.800 bits per heavy atom. The second kappa shape index (κ2) is 19.2. The van der Waals surface area contributed by atoms with Crippen molar-refractivity contribution in [3.8, 4) is 0 Å². The fourth-order valence-electron chi connectivity index (χ4n) is 5.42. The van der Waals surface area contributed by atoms with Crippen molar-refractivity contribution in [3.05, 3.63) is 66.2 Å². The molecule has 1 heterocycles. The topological polar surface area (TPSA) is 236 Å². The molecule has 2 aromatic rings. The van der Waals surface area contributed by atoms with Gasteiger partial charge in [0.1, 0.15) is 37.0 Å². The number of nitrogens with zero attached hydrogens (tertiary/aromatic N) is 1. The zero-order valence-electron chi connectivity index (χ0n) is 31.3. The van der Waals surface area contributed by atoms with Crippen molar-refractivity contribution >= 4 is 51.8 Å². The van der Waals surface area contributed by atoms with Gasteiger partial charge in [0.2, 0.25) is 11.8 Å². The maximum atomic E-state index is 14.1. The van der Waals surface area contributed by atoms with Gasteiger partial charge in [-0.3, -0.25) is 24.0 Å². The van der Waals surface area contributed by atoms with Crippen LogP contribution in [-0.2, 0) is 73.8 Å². The van der Waals surface area contributed by atoms with Crippen molar-refractivity contribution in [1.29, 1.82) is 0 Å². The molecule has 3 rings (SSSR count). The summed E-state index contributed by atoms with van der Waals surface area (Å²) in [6.45, 7) is 7.73. The molecule has 18 nitrogen and oxygen atoms in total. The fraction of sp³-hybridized carbons (Fsp3) is 0.472. The van der Waals surface area contributed by atoms with Gasteiger partial charge in [-0.15, -0.1) is 0 Å². The SMILES string of the molecule is CC(=O)OC[C@H]1O[C@@H](NC(=O)C[C@H](NC(=O)OC(C)(C)C)C(=O)OCc2ccccc2)[C@H](N(C(C)=O)S(=O)(=O)c2ccccc2)[C@@H](OC(C)=O)[C@@H]1OC(C)=O. The van der Waals surface area contributed by atoms with Gasteiger partial charge in [0.25, 0.3) is 10.0 Å². The molecule has 2 aromatic carbocycles. The van der Waals surface area contributed by atoms with E-state index in [1.807, 2.05) is 0 Å². The molecule has 0 radical (unpaired) electrons. The quantitative estimate of drug-likeness (QED) is 0.205. The van der Waals surface area contributed by atoms with Gasteiger partial charge in [-0.2, -0.15) is 0 Å². The van der Waals surface area contributed by atoms with Crippen LogP contribution in [0.1, 0.15) is 60.5 Å². The number of hydrogen-bond donors (Lipinski definition) is 2. The van der Waals surface area contributed by atoms with E-state index < -0.39 is 107 Å². The third-order valence-corrected chi connectivity index (χ3v) is 9.37. The number of rotatable bonds is 14. The van der Waals surface area contributed by atoms with Crippen LogP contribution >= 0.6 is 0 Å². The van der Waals surface area contributed by atoms with Crippen molar-refractivity contribution in [2.75, 3.05) is 6.61 Å². The molecule has 55 heavy (non-hydrogen) atoms. The first-order valence-corrected chi connectivity index (χ1v) is 18.4. The largest absolute Gasteiger partial charge is 0.463 e. The third kappa shape index (κ3) is 13.1. The predicted octanol–water partition coefficient (Wildman–Crippen LogP) is 1.89. The molecule has 1 aliphatic rings. The highest BCUT2D eigenvalue weighted by Crippen LogP contribution is 2.33. The molecule has 3 amide bonds. The number of carbonyl (C=O) groups is 7. The lowest BCUT2D eigenvalue weighted by Gasteiger charge is -2.48. The van der Waals surface area contributed by atoms with Gasteiger partial charge in [0, 0.05) is 27.7 Å². The summed E-state index contributed by atoms with van der Waals surface area (Å²) in [5, 5.41) is 4.71. The zero-order chi connectivity index (χ0) is 41.1. The molecule has 0 saturated carbocycles. The normalized spacial score (nSPS) is 20.1. The Hall–Kier alpha value is -5.56. The minimum atomic E-state index is -4.85. The summed E-state index contributed by atoms with van der Waals surface area (Å²) >= 11 is 0. The Kier molecular flexibility index (Phi) is 15.3. The molecule has 0 aromatic heterocycles. The number of benzene rings is 2. The molecular formula is C36H45N3O15S. The van der Waals surface area contributed by atoms with Crippen LogP contribution < -0.4 is 10.6 Å². The van der Waals surface area contributed by atoms with E-state index in [9.17, 15) is 42.0 Å². The summed E-state index contributed by atoms with van der Waals surface area (Å²) in [6.07, 6.45) is -8.99. The number of sulfonamides is 1. The minimum Gasteiger partial charge on any atom is -0.463 e. The van der Waals surface area contributed by atoms with E-state index in [1.54, 1.807) is 51.1 Å². The first kappa shape index (κ1) is 43.8. The summed E-state index contributed by atoms with van der Waals surface area (Å²) < 4.78 is 61.3. The van der Waals surface area contributed by atoms with Gasteiger partial charge in [-0.25, -0.2) is 22.3 Å². The molecule has 0 spiro atoms. The Morgan fingerprint density at radius 2 is 1.36 bits per heavy atom. The van der Waals surface area contributed by atoms with Crippen LogP contribution in [0.4, 0.5) is 4.79 Å². The average Bonchev–Trinajstić information content (AvgIpc) is 3.07.